The molecule has 0 radical (unpaired) electrons. The molecule has 0 fully saturated rings. The highest BCUT2D eigenvalue weighted by Crippen LogP contribution is 2.37. The maximum absolute atomic E-state index is 13.3. The number of Topliss-reactive ketones (excluding diaryl/α,β-unsaturated/α-hetero) is 2. The Bertz CT molecular complexity index is 1050. The summed E-state index contributed by atoms with van der Waals surface area (Å²) in [6, 6.07) is 25.7. The van der Waals surface area contributed by atoms with Gasteiger partial charge in [-0.25, -0.2) is 0 Å². The summed E-state index contributed by atoms with van der Waals surface area (Å²) in [5.74, 6) is -0.00385. The van der Waals surface area contributed by atoms with Gasteiger partial charge in [0.25, 0.3) is 0 Å². The first kappa shape index (κ1) is 19.4. The van der Waals surface area contributed by atoms with Crippen LogP contribution in [0.15, 0.2) is 108 Å². The Morgan fingerprint density at radius 3 is 1.60 bits per heavy atom. The van der Waals surface area contributed by atoms with E-state index in [4.69, 9.17) is 4.74 Å². The number of rotatable bonds is 6. The molecule has 1 N–H and O–H groups in total. The second-order valence-electron chi connectivity index (χ2n) is 6.96. The highest BCUT2D eigenvalue weighted by molar-refractivity contribution is 6.15. The van der Waals surface area contributed by atoms with Gasteiger partial charge in [-0.3, -0.25) is 9.59 Å². The molecule has 0 saturated heterocycles. The molecule has 0 unspecified atom stereocenters. The van der Waals surface area contributed by atoms with Crippen molar-refractivity contribution in [3.8, 4) is 5.75 Å². The summed E-state index contributed by atoms with van der Waals surface area (Å²) in [5, 5.41) is 3.02. The van der Waals surface area contributed by atoms with Crippen LogP contribution < -0.4 is 10.1 Å². The van der Waals surface area contributed by atoms with Crippen LogP contribution in [0, 0.1) is 0 Å². The van der Waals surface area contributed by atoms with E-state index in [2.05, 4.69) is 5.32 Å². The minimum absolute atomic E-state index is 0.115. The van der Waals surface area contributed by atoms with Gasteiger partial charge in [0, 0.05) is 40.6 Å². The van der Waals surface area contributed by atoms with Gasteiger partial charge in [-0.15, -0.1) is 0 Å². The Balaban J connectivity index is 1.78. The molecule has 3 aromatic rings. The normalized spacial score (nSPS) is 13.6. The zero-order valence-electron chi connectivity index (χ0n) is 16.5. The van der Waals surface area contributed by atoms with Crippen molar-refractivity contribution in [2.24, 2.45) is 0 Å². The number of dihydropyridines is 1. The molecule has 0 aromatic heterocycles. The van der Waals surface area contributed by atoms with Crippen molar-refractivity contribution in [1.82, 2.24) is 5.32 Å². The summed E-state index contributed by atoms with van der Waals surface area (Å²) in [7, 11) is 1.61. The molecule has 0 spiro atoms. The lowest BCUT2D eigenvalue weighted by molar-refractivity contribution is 0.101. The lowest BCUT2D eigenvalue weighted by Gasteiger charge is -2.26. The number of hydrogen-bond donors (Lipinski definition) is 1. The van der Waals surface area contributed by atoms with Gasteiger partial charge in [0.2, 0.25) is 0 Å². The molecule has 4 heteroatoms. The maximum Gasteiger partial charge on any atom is 0.191 e. The third kappa shape index (κ3) is 3.80. The first-order valence-corrected chi connectivity index (χ1v) is 9.68. The summed E-state index contributed by atoms with van der Waals surface area (Å²) in [6.07, 6.45) is 3.37. The number of carbonyl (C=O) groups is 2. The van der Waals surface area contributed by atoms with E-state index in [0.29, 0.717) is 28.0 Å². The molecule has 4 nitrogen and oxygen atoms in total. The van der Waals surface area contributed by atoms with Crippen molar-refractivity contribution >= 4 is 11.6 Å². The number of hydrogen-bond acceptors (Lipinski definition) is 4. The number of benzene rings is 3. The van der Waals surface area contributed by atoms with Gasteiger partial charge in [0.05, 0.1) is 7.11 Å². The van der Waals surface area contributed by atoms with Crippen molar-refractivity contribution < 1.29 is 14.3 Å². The van der Waals surface area contributed by atoms with E-state index in [1.165, 1.54) is 0 Å². The average molecular weight is 395 g/mol. The number of carbonyl (C=O) groups excluding carboxylic acids is 2. The molecule has 1 heterocycles. The van der Waals surface area contributed by atoms with Crippen LogP contribution >= 0.6 is 0 Å². The Hall–Kier alpha value is -3.92. The van der Waals surface area contributed by atoms with Gasteiger partial charge in [-0.1, -0.05) is 72.8 Å². The quantitative estimate of drug-likeness (QED) is 0.602. The zero-order chi connectivity index (χ0) is 20.9. The van der Waals surface area contributed by atoms with Crippen LogP contribution in [0.3, 0.4) is 0 Å². The van der Waals surface area contributed by atoms with Crippen LogP contribution in [0.1, 0.15) is 32.2 Å². The SMILES string of the molecule is COc1ccc(C2C(C(=O)c3ccccc3)=CNC=C2C(=O)c2ccccc2)cc1. The fourth-order valence-electron chi connectivity index (χ4n) is 3.62. The van der Waals surface area contributed by atoms with Gasteiger partial charge < -0.3 is 10.1 Å². The number of methoxy groups -OCH3 is 1. The lowest BCUT2D eigenvalue weighted by Crippen LogP contribution is -2.25. The number of ketones is 2. The van der Waals surface area contributed by atoms with Gasteiger partial charge in [-0.05, 0) is 17.7 Å². The standard InChI is InChI=1S/C26H21NO3/c1-30-21-14-12-18(13-15-21)24-22(25(28)19-8-4-2-5-9-19)16-27-17-23(24)26(29)20-10-6-3-7-11-20/h2-17,24,27H,1H3. The van der Waals surface area contributed by atoms with Crippen molar-refractivity contribution in [3.05, 3.63) is 125 Å². The van der Waals surface area contributed by atoms with Crippen LogP contribution in [0.5, 0.6) is 5.75 Å². The molecule has 0 saturated carbocycles. The van der Waals surface area contributed by atoms with Gasteiger partial charge >= 0.3 is 0 Å². The Kier molecular flexibility index (Phi) is 5.57. The van der Waals surface area contributed by atoms with Crippen molar-refractivity contribution in [2.75, 3.05) is 7.11 Å². The van der Waals surface area contributed by atoms with E-state index in [9.17, 15) is 9.59 Å². The van der Waals surface area contributed by atoms with Gasteiger partial charge in [-0.2, -0.15) is 0 Å². The predicted molar refractivity (Wildman–Crippen MR) is 117 cm³/mol. The smallest absolute Gasteiger partial charge is 0.191 e. The molecule has 148 valence electrons. The van der Waals surface area contributed by atoms with E-state index in [0.717, 1.165) is 5.56 Å². The highest BCUT2D eigenvalue weighted by atomic mass is 16.5. The van der Waals surface area contributed by atoms with Crippen molar-refractivity contribution in [3.63, 3.8) is 0 Å². The second kappa shape index (κ2) is 8.62. The third-order valence-electron chi connectivity index (χ3n) is 5.15. The van der Waals surface area contributed by atoms with Crippen LogP contribution in [-0.2, 0) is 0 Å². The van der Waals surface area contributed by atoms with E-state index >= 15 is 0 Å². The van der Waals surface area contributed by atoms with E-state index < -0.39 is 5.92 Å². The van der Waals surface area contributed by atoms with Gasteiger partial charge in [0.15, 0.2) is 11.6 Å². The fraction of sp³-hybridized carbons (Fsp3) is 0.0769. The first-order chi connectivity index (χ1) is 14.7. The predicted octanol–water partition coefficient (Wildman–Crippen LogP) is 4.92. The summed E-state index contributed by atoms with van der Waals surface area (Å²) in [4.78, 5) is 26.7. The molecule has 1 aliphatic rings. The summed E-state index contributed by atoms with van der Waals surface area (Å²) < 4.78 is 5.27. The third-order valence-corrected chi connectivity index (χ3v) is 5.15. The largest absolute Gasteiger partial charge is 0.497 e. The highest BCUT2D eigenvalue weighted by Gasteiger charge is 2.33. The number of nitrogens with one attached hydrogen (secondary N) is 1. The van der Waals surface area contributed by atoms with Crippen LogP contribution in [-0.4, -0.2) is 18.7 Å². The zero-order valence-corrected chi connectivity index (χ0v) is 16.5. The Labute approximate surface area is 175 Å². The van der Waals surface area contributed by atoms with Crippen LogP contribution in [0.2, 0.25) is 0 Å². The topological polar surface area (TPSA) is 55.4 Å². The minimum Gasteiger partial charge on any atom is -0.497 e. The number of ether oxygens (including phenoxy) is 1. The minimum atomic E-state index is -0.488. The van der Waals surface area contributed by atoms with E-state index in [1.54, 1.807) is 43.8 Å². The molecule has 1 aliphatic heterocycles. The molecule has 0 bridgehead atoms. The molecular weight excluding hydrogens is 374 g/mol. The van der Waals surface area contributed by atoms with E-state index in [-0.39, 0.29) is 11.6 Å². The van der Waals surface area contributed by atoms with Crippen LogP contribution in [0.4, 0.5) is 0 Å². The average Bonchev–Trinajstić information content (AvgIpc) is 2.84. The van der Waals surface area contributed by atoms with E-state index in [1.807, 2.05) is 60.7 Å². The summed E-state index contributed by atoms with van der Waals surface area (Å²) in [5.41, 5.74) is 3.06. The molecule has 0 aliphatic carbocycles. The Morgan fingerprint density at radius 1 is 0.700 bits per heavy atom. The summed E-state index contributed by atoms with van der Waals surface area (Å²) >= 11 is 0. The molecule has 0 atom stereocenters. The van der Waals surface area contributed by atoms with Gasteiger partial charge in [0.1, 0.15) is 5.75 Å². The molecule has 0 amide bonds. The summed E-state index contributed by atoms with van der Waals surface area (Å²) in [6.45, 7) is 0. The molecule has 3 aromatic carbocycles. The first-order valence-electron chi connectivity index (χ1n) is 9.68. The second-order valence-corrected chi connectivity index (χ2v) is 6.96. The molecule has 30 heavy (non-hydrogen) atoms. The molecular formula is C26H21NO3. The van der Waals surface area contributed by atoms with Crippen LogP contribution in [0.25, 0.3) is 0 Å². The maximum atomic E-state index is 13.3. The number of allylic oxidation sites excluding steroid dienone is 2. The van der Waals surface area contributed by atoms with Crippen molar-refractivity contribution in [2.45, 2.75) is 5.92 Å². The fourth-order valence-corrected chi connectivity index (χ4v) is 3.62. The van der Waals surface area contributed by atoms with Crippen molar-refractivity contribution in [1.29, 1.82) is 0 Å². The Morgan fingerprint density at radius 2 is 1.17 bits per heavy atom. The monoisotopic (exact) mass is 395 g/mol. The molecule has 4 rings (SSSR count). The lowest BCUT2D eigenvalue weighted by atomic mass is 9.78.